The van der Waals surface area contributed by atoms with Crippen molar-refractivity contribution in [3.05, 3.63) is 57.9 Å². The van der Waals surface area contributed by atoms with Crippen molar-refractivity contribution < 1.29 is 9.47 Å². The standard InChI is InChI=1S/C18H18O2S/c1-3-6-15-16-17(20-12-11-19-16)18(21-15)14-9-4-7-13(2)8-5-10-14/h3-10H,11-12H2,1-2H3/b6-3+,7-4-,8-5?,9-4?,10-5?,13-7?,13-8-,14-9?,14-10?. The highest BCUT2D eigenvalue weighted by Crippen LogP contribution is 2.48. The molecular weight excluding hydrogens is 280 g/mol. The lowest BCUT2D eigenvalue weighted by atomic mass is 10.1. The Morgan fingerprint density at radius 1 is 1.05 bits per heavy atom. The molecule has 0 atom stereocenters. The minimum absolute atomic E-state index is 0.609. The SMILES string of the molecule is C/C=C/c1sc(C2=C/C=C\C(C)=C/C=C2)c2c1OCCO2. The van der Waals surface area contributed by atoms with Crippen molar-refractivity contribution in [1.82, 2.24) is 0 Å². The van der Waals surface area contributed by atoms with Gasteiger partial charge in [-0.15, -0.1) is 11.3 Å². The molecule has 0 radical (unpaired) electrons. The second-order valence-corrected chi connectivity index (χ2v) is 5.95. The molecule has 3 rings (SSSR count). The Morgan fingerprint density at radius 2 is 1.81 bits per heavy atom. The molecule has 0 spiro atoms. The number of hydrogen-bond donors (Lipinski definition) is 0. The lowest BCUT2D eigenvalue weighted by Crippen LogP contribution is -2.15. The molecule has 2 nitrogen and oxygen atoms in total. The minimum atomic E-state index is 0.609. The van der Waals surface area contributed by atoms with Crippen molar-refractivity contribution in [2.24, 2.45) is 0 Å². The van der Waals surface area contributed by atoms with Gasteiger partial charge in [0, 0.05) is 0 Å². The van der Waals surface area contributed by atoms with Crippen LogP contribution in [-0.4, -0.2) is 13.2 Å². The Hall–Kier alpha value is -2.00. The Balaban J connectivity index is 2.06. The highest BCUT2D eigenvalue weighted by atomic mass is 32.1. The van der Waals surface area contributed by atoms with E-state index in [0.29, 0.717) is 13.2 Å². The summed E-state index contributed by atoms with van der Waals surface area (Å²) in [5.41, 5.74) is 2.39. The fourth-order valence-electron chi connectivity index (χ4n) is 2.29. The molecule has 1 aromatic heterocycles. The number of hydrogen-bond acceptors (Lipinski definition) is 3. The van der Waals surface area contributed by atoms with Crippen LogP contribution in [0.1, 0.15) is 23.6 Å². The molecule has 1 aliphatic heterocycles. The maximum Gasteiger partial charge on any atom is 0.180 e. The van der Waals surface area contributed by atoms with Gasteiger partial charge in [0.1, 0.15) is 13.2 Å². The fraction of sp³-hybridized carbons (Fsp3) is 0.222. The maximum absolute atomic E-state index is 5.87. The summed E-state index contributed by atoms with van der Waals surface area (Å²) in [5, 5.41) is 0. The molecular formula is C18H18O2S. The van der Waals surface area contributed by atoms with Crippen molar-refractivity contribution >= 4 is 23.0 Å². The van der Waals surface area contributed by atoms with Gasteiger partial charge in [-0.05, 0) is 25.5 Å². The summed E-state index contributed by atoms with van der Waals surface area (Å²) < 4.78 is 11.7. The van der Waals surface area contributed by atoms with E-state index in [4.69, 9.17) is 9.47 Å². The molecule has 0 N–H and O–H groups in total. The number of allylic oxidation sites excluding steroid dienone is 9. The van der Waals surface area contributed by atoms with Gasteiger partial charge in [0.2, 0.25) is 0 Å². The van der Waals surface area contributed by atoms with E-state index in [2.05, 4.69) is 49.5 Å². The molecule has 1 aromatic rings. The van der Waals surface area contributed by atoms with E-state index in [1.54, 1.807) is 11.3 Å². The number of fused-ring (bicyclic) bond motifs is 1. The van der Waals surface area contributed by atoms with Crippen molar-refractivity contribution in [2.45, 2.75) is 13.8 Å². The molecule has 21 heavy (non-hydrogen) atoms. The first kappa shape index (κ1) is 14.0. The van der Waals surface area contributed by atoms with Gasteiger partial charge in [-0.25, -0.2) is 0 Å². The highest BCUT2D eigenvalue weighted by Gasteiger charge is 2.24. The number of thiophene rings is 1. The zero-order valence-electron chi connectivity index (χ0n) is 12.3. The van der Waals surface area contributed by atoms with Crippen LogP contribution in [0.25, 0.3) is 11.6 Å². The Morgan fingerprint density at radius 3 is 2.62 bits per heavy atom. The molecule has 1 aliphatic carbocycles. The van der Waals surface area contributed by atoms with Crippen LogP contribution >= 0.6 is 11.3 Å². The van der Waals surface area contributed by atoms with E-state index in [0.717, 1.165) is 26.8 Å². The van der Waals surface area contributed by atoms with Gasteiger partial charge in [0.25, 0.3) is 0 Å². The van der Waals surface area contributed by atoms with E-state index in [9.17, 15) is 0 Å². The molecule has 0 saturated heterocycles. The van der Waals surface area contributed by atoms with Gasteiger partial charge in [-0.2, -0.15) is 0 Å². The molecule has 0 bridgehead atoms. The first-order valence-electron chi connectivity index (χ1n) is 7.08. The summed E-state index contributed by atoms with van der Waals surface area (Å²) in [7, 11) is 0. The predicted octanol–water partition coefficient (Wildman–Crippen LogP) is 5.01. The average Bonchev–Trinajstić information content (AvgIpc) is 2.82. The Bertz CT molecular complexity index is 684. The van der Waals surface area contributed by atoms with Crippen LogP contribution in [0.4, 0.5) is 0 Å². The van der Waals surface area contributed by atoms with Gasteiger partial charge in [-0.3, -0.25) is 0 Å². The lowest BCUT2D eigenvalue weighted by Gasteiger charge is -2.17. The third kappa shape index (κ3) is 2.88. The molecule has 0 amide bonds. The summed E-state index contributed by atoms with van der Waals surface area (Å²) in [4.78, 5) is 2.25. The summed E-state index contributed by atoms with van der Waals surface area (Å²) in [5.74, 6) is 1.76. The van der Waals surface area contributed by atoms with Crippen LogP contribution in [0.15, 0.2) is 48.1 Å². The quantitative estimate of drug-likeness (QED) is 0.764. The highest BCUT2D eigenvalue weighted by molar-refractivity contribution is 7.14. The van der Waals surface area contributed by atoms with Crippen LogP contribution in [0, 0.1) is 0 Å². The summed E-state index contributed by atoms with van der Waals surface area (Å²) in [6.45, 7) is 5.33. The zero-order chi connectivity index (χ0) is 14.7. The van der Waals surface area contributed by atoms with Crippen LogP contribution in [-0.2, 0) is 0 Å². The van der Waals surface area contributed by atoms with Gasteiger partial charge in [-0.1, -0.05) is 48.1 Å². The first-order chi connectivity index (χ1) is 10.3. The minimum Gasteiger partial charge on any atom is -0.485 e. The average molecular weight is 298 g/mol. The molecule has 2 heterocycles. The van der Waals surface area contributed by atoms with E-state index in [1.165, 1.54) is 5.57 Å². The van der Waals surface area contributed by atoms with Gasteiger partial charge in [0.05, 0.1) is 9.75 Å². The van der Waals surface area contributed by atoms with E-state index < -0.39 is 0 Å². The largest absolute Gasteiger partial charge is 0.485 e. The van der Waals surface area contributed by atoms with Crippen LogP contribution < -0.4 is 9.47 Å². The topological polar surface area (TPSA) is 18.5 Å². The van der Waals surface area contributed by atoms with E-state index >= 15 is 0 Å². The van der Waals surface area contributed by atoms with Gasteiger partial charge >= 0.3 is 0 Å². The predicted molar refractivity (Wildman–Crippen MR) is 90.0 cm³/mol. The molecule has 108 valence electrons. The Kier molecular flexibility index (Phi) is 4.11. The molecule has 3 heteroatoms. The third-order valence-corrected chi connectivity index (χ3v) is 4.44. The maximum atomic E-state index is 5.87. The van der Waals surface area contributed by atoms with Crippen molar-refractivity contribution in [3.63, 3.8) is 0 Å². The van der Waals surface area contributed by atoms with Crippen molar-refractivity contribution in [3.8, 4) is 11.5 Å². The number of rotatable bonds is 2. The Labute approximate surface area is 129 Å². The molecule has 0 fully saturated rings. The van der Waals surface area contributed by atoms with E-state index in [1.807, 2.05) is 13.0 Å². The summed E-state index contributed by atoms with van der Waals surface area (Å²) in [6, 6.07) is 0. The smallest absolute Gasteiger partial charge is 0.180 e. The fourth-order valence-corrected chi connectivity index (χ4v) is 3.46. The molecule has 0 unspecified atom stereocenters. The monoisotopic (exact) mass is 298 g/mol. The summed E-state index contributed by atoms with van der Waals surface area (Å²) >= 11 is 1.71. The van der Waals surface area contributed by atoms with Gasteiger partial charge < -0.3 is 9.47 Å². The van der Waals surface area contributed by atoms with E-state index in [-0.39, 0.29) is 0 Å². The van der Waals surface area contributed by atoms with Crippen molar-refractivity contribution in [1.29, 1.82) is 0 Å². The van der Waals surface area contributed by atoms with Crippen molar-refractivity contribution in [2.75, 3.05) is 13.2 Å². The van der Waals surface area contributed by atoms with Crippen LogP contribution in [0.3, 0.4) is 0 Å². The zero-order valence-corrected chi connectivity index (χ0v) is 13.1. The van der Waals surface area contributed by atoms with Gasteiger partial charge in [0.15, 0.2) is 11.5 Å². The second-order valence-electron chi connectivity index (χ2n) is 4.90. The molecule has 2 aliphatic rings. The van der Waals surface area contributed by atoms with Crippen LogP contribution in [0.2, 0.25) is 0 Å². The third-order valence-electron chi connectivity index (χ3n) is 3.27. The number of ether oxygens (including phenoxy) is 2. The summed E-state index contributed by atoms with van der Waals surface area (Å²) in [6.07, 6.45) is 16.7. The normalized spacial score (nSPS) is 21.4. The second kappa shape index (κ2) is 6.19. The molecule has 0 aromatic carbocycles. The first-order valence-corrected chi connectivity index (χ1v) is 7.90. The molecule has 0 saturated carbocycles. The lowest BCUT2D eigenvalue weighted by molar-refractivity contribution is 0.173. The van der Waals surface area contributed by atoms with Crippen LogP contribution in [0.5, 0.6) is 11.5 Å².